The predicted molar refractivity (Wildman–Crippen MR) is 121 cm³/mol. The maximum Gasteiger partial charge on any atom is 0.227 e. The van der Waals surface area contributed by atoms with E-state index in [1.165, 1.54) is 0 Å². The minimum atomic E-state index is -0.390. The monoisotopic (exact) mass is 423 g/mol. The molecule has 0 saturated carbocycles. The third-order valence-electron chi connectivity index (χ3n) is 5.23. The lowest BCUT2D eigenvalue weighted by molar-refractivity contribution is -0.121. The zero-order valence-electron chi connectivity index (χ0n) is 17.3. The highest BCUT2D eigenvalue weighted by molar-refractivity contribution is 5.79. The van der Waals surface area contributed by atoms with Crippen LogP contribution in [0.5, 0.6) is 0 Å². The van der Waals surface area contributed by atoms with Crippen LogP contribution < -0.4 is 5.32 Å². The minimum Gasteiger partial charge on any atom is -0.459 e. The van der Waals surface area contributed by atoms with Crippen LogP contribution >= 0.6 is 0 Å². The van der Waals surface area contributed by atoms with Crippen molar-refractivity contribution in [1.82, 2.24) is 15.5 Å². The molecule has 6 heteroatoms. The third-order valence-corrected chi connectivity index (χ3v) is 5.23. The summed E-state index contributed by atoms with van der Waals surface area (Å²) >= 11 is 0. The van der Waals surface area contributed by atoms with Crippen molar-refractivity contribution >= 4 is 16.9 Å². The summed E-state index contributed by atoms with van der Waals surface area (Å²) in [5, 5.41) is 8.11. The number of fused-ring (bicyclic) bond motifs is 1. The molecule has 0 aliphatic carbocycles. The maximum absolute atomic E-state index is 12.8. The third kappa shape index (κ3) is 4.30. The molecule has 1 N–H and O–H groups in total. The standard InChI is InChI=1S/C26H21N3O3/c30-23(15-16-24-28-26(29-32-24)19-11-5-2-6-12-19)27-25(18-9-3-1-4-10-18)22-17-20-13-7-8-14-21(20)31-22/h1-14,17,25H,15-16H2,(H,27,30). The first-order chi connectivity index (χ1) is 15.8. The lowest BCUT2D eigenvalue weighted by atomic mass is 10.0. The molecule has 2 heterocycles. The van der Waals surface area contributed by atoms with Crippen LogP contribution in [-0.4, -0.2) is 16.0 Å². The normalized spacial score (nSPS) is 12.0. The topological polar surface area (TPSA) is 81.2 Å². The summed E-state index contributed by atoms with van der Waals surface area (Å²) in [6, 6.07) is 28.8. The van der Waals surface area contributed by atoms with Gasteiger partial charge in [0.15, 0.2) is 0 Å². The number of hydrogen-bond acceptors (Lipinski definition) is 5. The molecule has 5 aromatic rings. The number of amides is 1. The first kappa shape index (κ1) is 19.8. The van der Waals surface area contributed by atoms with Gasteiger partial charge in [-0.2, -0.15) is 4.98 Å². The Morgan fingerprint density at radius 2 is 1.62 bits per heavy atom. The van der Waals surface area contributed by atoms with E-state index in [0.29, 0.717) is 23.9 Å². The molecule has 0 bridgehead atoms. The molecule has 1 atom stereocenters. The largest absolute Gasteiger partial charge is 0.459 e. The van der Waals surface area contributed by atoms with Crippen molar-refractivity contribution in [3.8, 4) is 11.4 Å². The van der Waals surface area contributed by atoms with E-state index in [4.69, 9.17) is 8.94 Å². The molecule has 0 fully saturated rings. The molecule has 1 amide bonds. The number of aryl methyl sites for hydroxylation is 1. The van der Waals surface area contributed by atoms with Gasteiger partial charge in [-0.25, -0.2) is 0 Å². The molecule has 5 rings (SSSR count). The molecule has 3 aromatic carbocycles. The fraction of sp³-hybridized carbons (Fsp3) is 0.115. The number of nitrogens with zero attached hydrogens (tertiary/aromatic N) is 2. The van der Waals surface area contributed by atoms with Crippen molar-refractivity contribution in [1.29, 1.82) is 0 Å². The predicted octanol–water partition coefficient (Wildman–Crippen LogP) is 5.32. The summed E-state index contributed by atoms with van der Waals surface area (Å²) in [5.74, 6) is 1.51. The Hall–Kier alpha value is -4.19. The Bertz CT molecular complexity index is 1290. The molecule has 0 aliphatic heterocycles. The molecule has 0 saturated heterocycles. The molecular weight excluding hydrogens is 402 g/mol. The highest BCUT2D eigenvalue weighted by Gasteiger charge is 2.21. The quantitative estimate of drug-likeness (QED) is 0.383. The maximum atomic E-state index is 12.8. The van der Waals surface area contributed by atoms with E-state index in [1.54, 1.807) is 0 Å². The fourth-order valence-electron chi connectivity index (χ4n) is 3.62. The van der Waals surface area contributed by atoms with Crippen LogP contribution in [0.1, 0.15) is 29.7 Å². The lowest BCUT2D eigenvalue weighted by Gasteiger charge is -2.17. The highest BCUT2D eigenvalue weighted by Crippen LogP contribution is 2.28. The second-order valence-corrected chi connectivity index (χ2v) is 7.48. The molecule has 1 unspecified atom stereocenters. The van der Waals surface area contributed by atoms with Crippen LogP contribution in [0.3, 0.4) is 0 Å². The minimum absolute atomic E-state index is 0.126. The summed E-state index contributed by atoms with van der Waals surface area (Å²) < 4.78 is 11.4. The molecule has 0 radical (unpaired) electrons. The van der Waals surface area contributed by atoms with Crippen LogP contribution in [0, 0.1) is 0 Å². The van der Waals surface area contributed by atoms with Gasteiger partial charge in [0, 0.05) is 23.8 Å². The van der Waals surface area contributed by atoms with E-state index >= 15 is 0 Å². The molecule has 158 valence electrons. The van der Waals surface area contributed by atoms with Gasteiger partial charge in [-0.15, -0.1) is 0 Å². The van der Waals surface area contributed by atoms with Gasteiger partial charge < -0.3 is 14.3 Å². The van der Waals surface area contributed by atoms with E-state index in [1.807, 2.05) is 91.0 Å². The van der Waals surface area contributed by atoms with Crippen LogP contribution in [0.15, 0.2) is 99.9 Å². The van der Waals surface area contributed by atoms with E-state index < -0.39 is 6.04 Å². The number of aromatic nitrogens is 2. The Balaban J connectivity index is 1.30. The average Bonchev–Trinajstić information content (AvgIpc) is 3.49. The number of furan rings is 1. The van der Waals surface area contributed by atoms with Gasteiger partial charge in [-0.05, 0) is 17.7 Å². The molecule has 6 nitrogen and oxygen atoms in total. The van der Waals surface area contributed by atoms with Crippen LogP contribution in [0.25, 0.3) is 22.4 Å². The lowest BCUT2D eigenvalue weighted by Crippen LogP contribution is -2.29. The smallest absolute Gasteiger partial charge is 0.227 e. The second kappa shape index (κ2) is 8.89. The van der Waals surface area contributed by atoms with Gasteiger partial charge in [0.25, 0.3) is 0 Å². The zero-order chi connectivity index (χ0) is 21.8. The van der Waals surface area contributed by atoms with Crippen molar-refractivity contribution in [2.24, 2.45) is 0 Å². The summed E-state index contributed by atoms with van der Waals surface area (Å²) in [4.78, 5) is 17.2. The first-order valence-electron chi connectivity index (χ1n) is 10.5. The van der Waals surface area contributed by atoms with Crippen molar-refractivity contribution in [3.05, 3.63) is 108 Å². The fourth-order valence-corrected chi connectivity index (χ4v) is 3.62. The van der Waals surface area contributed by atoms with Crippen molar-refractivity contribution in [2.45, 2.75) is 18.9 Å². The summed E-state index contributed by atoms with van der Waals surface area (Å²) in [6.07, 6.45) is 0.577. The number of rotatable bonds is 7. The molecule has 32 heavy (non-hydrogen) atoms. The summed E-state index contributed by atoms with van der Waals surface area (Å²) in [5.41, 5.74) is 2.61. The Labute approximate surface area is 184 Å². The Morgan fingerprint density at radius 3 is 2.41 bits per heavy atom. The number of hydrogen-bond donors (Lipinski definition) is 1. The number of nitrogens with one attached hydrogen (secondary N) is 1. The number of carbonyl (C=O) groups is 1. The molecule has 0 spiro atoms. The number of para-hydroxylation sites is 1. The Morgan fingerprint density at radius 1 is 0.906 bits per heavy atom. The van der Waals surface area contributed by atoms with Crippen molar-refractivity contribution in [3.63, 3.8) is 0 Å². The van der Waals surface area contributed by atoms with E-state index in [9.17, 15) is 4.79 Å². The van der Waals surface area contributed by atoms with Crippen LogP contribution in [0.2, 0.25) is 0 Å². The van der Waals surface area contributed by atoms with Gasteiger partial charge >= 0.3 is 0 Å². The van der Waals surface area contributed by atoms with Crippen molar-refractivity contribution < 1.29 is 13.7 Å². The van der Waals surface area contributed by atoms with Gasteiger partial charge in [0.2, 0.25) is 17.6 Å². The van der Waals surface area contributed by atoms with E-state index in [-0.39, 0.29) is 12.3 Å². The average molecular weight is 423 g/mol. The molecular formula is C26H21N3O3. The first-order valence-corrected chi connectivity index (χ1v) is 10.5. The molecule has 0 aliphatic rings. The Kier molecular flexibility index (Phi) is 5.49. The zero-order valence-corrected chi connectivity index (χ0v) is 17.3. The van der Waals surface area contributed by atoms with Gasteiger partial charge in [0.1, 0.15) is 17.4 Å². The van der Waals surface area contributed by atoms with Crippen molar-refractivity contribution in [2.75, 3.05) is 0 Å². The van der Waals surface area contributed by atoms with Gasteiger partial charge in [-0.1, -0.05) is 84.0 Å². The summed E-state index contributed by atoms with van der Waals surface area (Å²) in [7, 11) is 0. The summed E-state index contributed by atoms with van der Waals surface area (Å²) in [6.45, 7) is 0. The second-order valence-electron chi connectivity index (χ2n) is 7.48. The van der Waals surface area contributed by atoms with Crippen LogP contribution in [0.4, 0.5) is 0 Å². The number of benzene rings is 3. The van der Waals surface area contributed by atoms with Crippen LogP contribution in [-0.2, 0) is 11.2 Å². The van der Waals surface area contributed by atoms with Gasteiger partial charge in [0.05, 0.1) is 0 Å². The number of carbonyl (C=O) groups excluding carboxylic acids is 1. The van der Waals surface area contributed by atoms with E-state index in [0.717, 1.165) is 22.1 Å². The highest BCUT2D eigenvalue weighted by atomic mass is 16.5. The van der Waals surface area contributed by atoms with Gasteiger partial charge in [-0.3, -0.25) is 4.79 Å². The SMILES string of the molecule is O=C(CCc1nc(-c2ccccc2)no1)NC(c1ccccc1)c1cc2ccccc2o1. The molecule has 2 aromatic heterocycles. The van der Waals surface area contributed by atoms with E-state index in [2.05, 4.69) is 15.5 Å².